The van der Waals surface area contributed by atoms with E-state index in [4.69, 9.17) is 0 Å². The molecule has 0 saturated carbocycles. The minimum Gasteiger partial charge on any atom is -0.357 e. The van der Waals surface area contributed by atoms with Gasteiger partial charge in [-0.05, 0) is 52.7 Å². The van der Waals surface area contributed by atoms with E-state index in [-0.39, 0.29) is 0 Å². The summed E-state index contributed by atoms with van der Waals surface area (Å²) in [5.74, 6) is 0. The van der Waals surface area contributed by atoms with Gasteiger partial charge in [0.15, 0.2) is 5.13 Å². The highest BCUT2D eigenvalue weighted by atomic mass is 79.9. The second kappa shape index (κ2) is 4.99. The molecule has 0 fully saturated rings. The lowest BCUT2D eigenvalue weighted by Gasteiger charge is -1.98. The molecule has 0 atom stereocenters. The molecule has 2 heterocycles. The second-order valence-electron chi connectivity index (χ2n) is 4.05. The van der Waals surface area contributed by atoms with Crippen molar-refractivity contribution in [2.24, 2.45) is 0 Å². The zero-order chi connectivity index (χ0) is 12.5. The summed E-state index contributed by atoms with van der Waals surface area (Å²) < 4.78 is 2.41. The van der Waals surface area contributed by atoms with Crippen LogP contribution in [-0.2, 0) is 6.54 Å². The molecule has 0 spiro atoms. The Morgan fingerprint density at radius 3 is 2.89 bits per heavy atom. The molecule has 5 heteroatoms. The fourth-order valence-corrected chi connectivity index (χ4v) is 4.10. The molecular formula is C13H11BrN2S2. The van der Waals surface area contributed by atoms with Crippen LogP contribution in [0.25, 0.3) is 10.2 Å². The maximum atomic E-state index is 4.58. The number of nitrogens with one attached hydrogen (secondary N) is 1. The van der Waals surface area contributed by atoms with E-state index in [1.54, 1.807) is 22.7 Å². The van der Waals surface area contributed by atoms with Crippen LogP contribution < -0.4 is 5.32 Å². The number of halogens is 1. The first kappa shape index (κ1) is 12.1. The van der Waals surface area contributed by atoms with Gasteiger partial charge in [-0.1, -0.05) is 17.4 Å². The summed E-state index contributed by atoms with van der Waals surface area (Å²) >= 11 is 6.93. The lowest BCUT2D eigenvalue weighted by atomic mass is 10.2. The Morgan fingerprint density at radius 2 is 2.11 bits per heavy atom. The second-order valence-corrected chi connectivity index (χ2v) is 7.63. The Balaban J connectivity index is 1.78. The zero-order valence-electron chi connectivity index (χ0n) is 9.74. The molecule has 0 bridgehead atoms. The number of aryl methyl sites for hydroxylation is 1. The molecular weight excluding hydrogens is 328 g/mol. The van der Waals surface area contributed by atoms with Gasteiger partial charge in [0.25, 0.3) is 0 Å². The van der Waals surface area contributed by atoms with Gasteiger partial charge in [-0.25, -0.2) is 4.98 Å². The van der Waals surface area contributed by atoms with E-state index < -0.39 is 0 Å². The van der Waals surface area contributed by atoms with Gasteiger partial charge in [0.1, 0.15) is 0 Å². The molecule has 0 radical (unpaired) electrons. The van der Waals surface area contributed by atoms with Gasteiger partial charge in [-0.3, -0.25) is 0 Å². The van der Waals surface area contributed by atoms with Gasteiger partial charge < -0.3 is 5.32 Å². The molecule has 0 unspecified atom stereocenters. The van der Waals surface area contributed by atoms with Crippen molar-refractivity contribution < 1.29 is 0 Å². The lowest BCUT2D eigenvalue weighted by molar-refractivity contribution is 1.18. The molecule has 0 amide bonds. The molecule has 2 aromatic heterocycles. The predicted octanol–water partition coefficient (Wildman–Crippen LogP) is 5.04. The molecule has 3 rings (SSSR count). The Labute approximate surface area is 122 Å². The third kappa shape index (κ3) is 2.58. The molecule has 1 N–H and O–H groups in total. The Morgan fingerprint density at radius 1 is 1.22 bits per heavy atom. The first-order chi connectivity index (χ1) is 8.70. The van der Waals surface area contributed by atoms with Crippen LogP contribution in [0.3, 0.4) is 0 Å². The first-order valence-corrected chi connectivity index (χ1v) is 7.98. The van der Waals surface area contributed by atoms with Crippen molar-refractivity contribution in [3.05, 3.63) is 44.6 Å². The molecule has 2 nitrogen and oxygen atoms in total. The van der Waals surface area contributed by atoms with Gasteiger partial charge in [0.2, 0.25) is 0 Å². The van der Waals surface area contributed by atoms with E-state index in [1.165, 1.54) is 18.9 Å². The number of hydrogen-bond acceptors (Lipinski definition) is 4. The van der Waals surface area contributed by atoms with Crippen molar-refractivity contribution in [3.63, 3.8) is 0 Å². The van der Waals surface area contributed by atoms with E-state index in [0.29, 0.717) is 0 Å². The fraction of sp³-hybridized carbons (Fsp3) is 0.154. The molecule has 1 aromatic carbocycles. The molecule has 18 heavy (non-hydrogen) atoms. The van der Waals surface area contributed by atoms with Crippen LogP contribution in [-0.4, -0.2) is 4.98 Å². The Bertz CT molecular complexity index is 687. The van der Waals surface area contributed by atoms with Crippen LogP contribution in [0.5, 0.6) is 0 Å². The van der Waals surface area contributed by atoms with Gasteiger partial charge >= 0.3 is 0 Å². The van der Waals surface area contributed by atoms with Crippen molar-refractivity contribution in [3.8, 4) is 0 Å². The largest absolute Gasteiger partial charge is 0.357 e. The highest BCUT2D eigenvalue weighted by Crippen LogP contribution is 2.28. The van der Waals surface area contributed by atoms with E-state index in [9.17, 15) is 0 Å². The van der Waals surface area contributed by atoms with Crippen molar-refractivity contribution in [1.82, 2.24) is 4.98 Å². The van der Waals surface area contributed by atoms with E-state index >= 15 is 0 Å². The number of anilines is 1. The van der Waals surface area contributed by atoms with Gasteiger partial charge in [-0.15, -0.1) is 11.3 Å². The van der Waals surface area contributed by atoms with Crippen molar-refractivity contribution in [1.29, 1.82) is 0 Å². The SMILES string of the molecule is Cc1ccc2nc(NCc3ccc(Br)s3)sc2c1. The van der Waals surface area contributed by atoms with Gasteiger partial charge in [-0.2, -0.15) is 0 Å². The maximum Gasteiger partial charge on any atom is 0.184 e. The van der Waals surface area contributed by atoms with Crippen molar-refractivity contribution in [2.45, 2.75) is 13.5 Å². The van der Waals surface area contributed by atoms with Crippen LogP contribution in [0, 0.1) is 6.92 Å². The van der Waals surface area contributed by atoms with E-state index in [0.717, 1.165) is 17.2 Å². The van der Waals surface area contributed by atoms with Gasteiger partial charge in [0, 0.05) is 4.88 Å². The normalized spacial score (nSPS) is 11.0. The van der Waals surface area contributed by atoms with Gasteiger partial charge in [0.05, 0.1) is 20.5 Å². The molecule has 0 aliphatic heterocycles. The van der Waals surface area contributed by atoms with Crippen LogP contribution >= 0.6 is 38.6 Å². The average molecular weight is 339 g/mol. The minimum atomic E-state index is 0.828. The third-order valence-electron chi connectivity index (χ3n) is 2.59. The average Bonchev–Trinajstić information content (AvgIpc) is 2.92. The molecule has 3 aromatic rings. The number of fused-ring (bicyclic) bond motifs is 1. The Hall–Kier alpha value is -0.910. The highest BCUT2D eigenvalue weighted by molar-refractivity contribution is 9.11. The lowest BCUT2D eigenvalue weighted by Crippen LogP contribution is -1.95. The molecule has 0 saturated heterocycles. The summed E-state index contributed by atoms with van der Waals surface area (Å²) in [4.78, 5) is 5.88. The number of thiazole rings is 1. The summed E-state index contributed by atoms with van der Waals surface area (Å²) in [5, 5.41) is 4.37. The molecule has 92 valence electrons. The number of thiophene rings is 1. The van der Waals surface area contributed by atoms with Crippen LogP contribution in [0.2, 0.25) is 0 Å². The quantitative estimate of drug-likeness (QED) is 0.723. The monoisotopic (exact) mass is 338 g/mol. The standard InChI is InChI=1S/C13H11BrN2S2/c1-8-2-4-10-11(6-8)18-13(16-10)15-7-9-3-5-12(14)17-9/h2-6H,7H2,1H3,(H,15,16). The maximum absolute atomic E-state index is 4.58. The Kier molecular flexibility index (Phi) is 3.37. The topological polar surface area (TPSA) is 24.9 Å². The summed E-state index contributed by atoms with van der Waals surface area (Å²) in [7, 11) is 0. The predicted molar refractivity (Wildman–Crippen MR) is 83.7 cm³/mol. The minimum absolute atomic E-state index is 0.828. The van der Waals surface area contributed by atoms with Crippen LogP contribution in [0.1, 0.15) is 10.4 Å². The number of aromatic nitrogens is 1. The highest BCUT2D eigenvalue weighted by Gasteiger charge is 2.04. The van der Waals surface area contributed by atoms with E-state index in [2.05, 4.69) is 63.5 Å². The first-order valence-electron chi connectivity index (χ1n) is 5.56. The fourth-order valence-electron chi connectivity index (χ4n) is 1.72. The van der Waals surface area contributed by atoms with E-state index in [1.807, 2.05) is 0 Å². The summed E-state index contributed by atoms with van der Waals surface area (Å²) in [6.45, 7) is 2.94. The number of nitrogens with zero attached hydrogens (tertiary/aromatic N) is 1. The third-order valence-corrected chi connectivity index (χ3v) is 5.19. The smallest absolute Gasteiger partial charge is 0.184 e. The zero-order valence-corrected chi connectivity index (χ0v) is 13.0. The van der Waals surface area contributed by atoms with Crippen molar-refractivity contribution in [2.75, 3.05) is 5.32 Å². The number of hydrogen-bond donors (Lipinski definition) is 1. The molecule has 0 aliphatic rings. The van der Waals surface area contributed by atoms with Crippen LogP contribution in [0.15, 0.2) is 34.1 Å². The van der Waals surface area contributed by atoms with Crippen molar-refractivity contribution >= 4 is 54.0 Å². The summed E-state index contributed by atoms with van der Waals surface area (Å²) in [6.07, 6.45) is 0. The molecule has 0 aliphatic carbocycles. The number of rotatable bonds is 3. The summed E-state index contributed by atoms with van der Waals surface area (Å²) in [5.41, 5.74) is 2.35. The number of benzene rings is 1. The van der Waals surface area contributed by atoms with Crippen LogP contribution in [0.4, 0.5) is 5.13 Å². The summed E-state index contributed by atoms with van der Waals surface area (Å²) in [6, 6.07) is 10.6.